The smallest absolute Gasteiger partial charge is 0.318 e. The van der Waals surface area contributed by atoms with Crippen LogP contribution in [0.4, 0.5) is 9.18 Å². The number of halogens is 1. The van der Waals surface area contributed by atoms with E-state index in [1.807, 2.05) is 0 Å². The van der Waals surface area contributed by atoms with Gasteiger partial charge in [0.1, 0.15) is 5.82 Å². The van der Waals surface area contributed by atoms with Crippen LogP contribution in [-0.2, 0) is 0 Å². The zero-order chi connectivity index (χ0) is 14.2. The van der Waals surface area contributed by atoms with Crippen LogP contribution in [-0.4, -0.2) is 12.1 Å². The van der Waals surface area contributed by atoms with Crippen molar-refractivity contribution in [1.29, 1.82) is 0 Å². The molecule has 1 saturated carbocycles. The first-order chi connectivity index (χ1) is 9.74. The number of nitrogens with one attached hydrogen (secondary N) is 2. The standard InChI is InChI=1S/C16H21FN2O/c17-14-7-5-6-13(12-14)10-11-18-16(20)19-15-8-3-1-2-4-9-15/h5-7,10-12,15H,1-4,8-9H2,(H2,18,19,20)/b11-10+. The summed E-state index contributed by atoms with van der Waals surface area (Å²) in [6, 6.07) is 6.32. The first kappa shape index (κ1) is 14.6. The van der Waals surface area contributed by atoms with E-state index in [0.29, 0.717) is 0 Å². The van der Waals surface area contributed by atoms with Crippen LogP contribution in [0.25, 0.3) is 6.08 Å². The molecule has 2 rings (SSSR count). The second-order valence-electron chi connectivity index (χ2n) is 5.19. The van der Waals surface area contributed by atoms with Gasteiger partial charge >= 0.3 is 6.03 Å². The lowest BCUT2D eigenvalue weighted by Crippen LogP contribution is -2.39. The monoisotopic (exact) mass is 276 g/mol. The molecule has 0 spiro atoms. The van der Waals surface area contributed by atoms with Crippen LogP contribution in [0.15, 0.2) is 30.5 Å². The first-order valence-electron chi connectivity index (χ1n) is 7.23. The summed E-state index contributed by atoms with van der Waals surface area (Å²) in [7, 11) is 0. The Morgan fingerprint density at radius 2 is 1.95 bits per heavy atom. The number of carbonyl (C=O) groups is 1. The largest absolute Gasteiger partial charge is 0.335 e. The van der Waals surface area contributed by atoms with Gasteiger partial charge < -0.3 is 10.6 Å². The molecule has 0 aliphatic heterocycles. The van der Waals surface area contributed by atoms with Crippen molar-refractivity contribution in [2.45, 2.75) is 44.6 Å². The second kappa shape index (κ2) is 7.68. The van der Waals surface area contributed by atoms with Crippen molar-refractivity contribution in [2.24, 2.45) is 0 Å². The lowest BCUT2D eigenvalue weighted by molar-refractivity contribution is 0.239. The van der Waals surface area contributed by atoms with Gasteiger partial charge in [0, 0.05) is 12.2 Å². The quantitative estimate of drug-likeness (QED) is 0.810. The minimum Gasteiger partial charge on any atom is -0.335 e. The van der Waals surface area contributed by atoms with E-state index >= 15 is 0 Å². The highest BCUT2D eigenvalue weighted by molar-refractivity contribution is 5.76. The minimum atomic E-state index is -0.282. The molecule has 1 aromatic rings. The van der Waals surface area contributed by atoms with Crippen LogP contribution in [0.3, 0.4) is 0 Å². The summed E-state index contributed by atoms with van der Waals surface area (Å²) in [5, 5.41) is 5.65. The Kier molecular flexibility index (Phi) is 5.59. The SMILES string of the molecule is O=C(N/C=C/c1cccc(F)c1)NC1CCCCCC1. The average Bonchev–Trinajstić information content (AvgIpc) is 2.67. The van der Waals surface area contributed by atoms with Gasteiger partial charge in [0.05, 0.1) is 0 Å². The summed E-state index contributed by atoms with van der Waals surface area (Å²) in [4.78, 5) is 11.7. The van der Waals surface area contributed by atoms with Crippen LogP contribution < -0.4 is 10.6 Å². The molecule has 1 aliphatic rings. The molecule has 2 amide bonds. The molecule has 0 bridgehead atoms. The van der Waals surface area contributed by atoms with Gasteiger partial charge in [-0.2, -0.15) is 0 Å². The summed E-state index contributed by atoms with van der Waals surface area (Å²) < 4.78 is 13.0. The molecule has 0 unspecified atom stereocenters. The van der Waals surface area contributed by atoms with E-state index < -0.39 is 0 Å². The van der Waals surface area contributed by atoms with Gasteiger partial charge in [-0.05, 0) is 36.6 Å². The van der Waals surface area contributed by atoms with Gasteiger partial charge in [-0.3, -0.25) is 0 Å². The molecule has 3 nitrogen and oxygen atoms in total. The number of hydrogen-bond donors (Lipinski definition) is 2. The molecule has 0 saturated heterocycles. The Morgan fingerprint density at radius 1 is 1.20 bits per heavy atom. The molecule has 1 fully saturated rings. The predicted octanol–water partition coefficient (Wildman–Crippen LogP) is 3.82. The van der Waals surface area contributed by atoms with Crippen LogP contribution in [0.5, 0.6) is 0 Å². The fraction of sp³-hybridized carbons (Fsp3) is 0.438. The van der Waals surface area contributed by atoms with E-state index in [0.717, 1.165) is 18.4 Å². The van der Waals surface area contributed by atoms with Crippen molar-refractivity contribution in [2.75, 3.05) is 0 Å². The van der Waals surface area contributed by atoms with Gasteiger partial charge in [0.25, 0.3) is 0 Å². The van der Waals surface area contributed by atoms with E-state index in [-0.39, 0.29) is 17.9 Å². The Balaban J connectivity index is 1.76. The maximum Gasteiger partial charge on any atom is 0.318 e. The Bertz CT molecular complexity index is 465. The van der Waals surface area contributed by atoms with Crippen LogP contribution in [0.1, 0.15) is 44.1 Å². The average molecular weight is 276 g/mol. The normalized spacial score (nSPS) is 16.9. The van der Waals surface area contributed by atoms with E-state index in [1.165, 1.54) is 37.8 Å². The van der Waals surface area contributed by atoms with Crippen molar-refractivity contribution >= 4 is 12.1 Å². The van der Waals surface area contributed by atoms with E-state index in [9.17, 15) is 9.18 Å². The Hall–Kier alpha value is -1.84. The molecular formula is C16H21FN2O. The van der Waals surface area contributed by atoms with Crippen LogP contribution >= 0.6 is 0 Å². The van der Waals surface area contributed by atoms with Gasteiger partial charge in [-0.15, -0.1) is 0 Å². The fourth-order valence-corrected chi connectivity index (χ4v) is 2.47. The number of rotatable bonds is 3. The maximum atomic E-state index is 13.0. The number of amides is 2. The summed E-state index contributed by atoms with van der Waals surface area (Å²) >= 11 is 0. The Labute approximate surface area is 119 Å². The van der Waals surface area contributed by atoms with E-state index in [4.69, 9.17) is 0 Å². The second-order valence-corrected chi connectivity index (χ2v) is 5.19. The molecule has 4 heteroatoms. The fourth-order valence-electron chi connectivity index (χ4n) is 2.47. The van der Waals surface area contributed by atoms with Gasteiger partial charge in [0.2, 0.25) is 0 Å². The van der Waals surface area contributed by atoms with Crippen molar-refractivity contribution in [3.8, 4) is 0 Å². The molecule has 108 valence electrons. The summed E-state index contributed by atoms with van der Waals surface area (Å²) in [6.07, 6.45) is 10.2. The van der Waals surface area contributed by atoms with Crippen molar-refractivity contribution in [3.63, 3.8) is 0 Å². The third-order valence-electron chi connectivity index (χ3n) is 3.53. The molecule has 1 aliphatic carbocycles. The zero-order valence-electron chi connectivity index (χ0n) is 11.6. The first-order valence-corrected chi connectivity index (χ1v) is 7.23. The van der Waals surface area contributed by atoms with E-state index in [2.05, 4.69) is 10.6 Å². The molecule has 0 radical (unpaired) electrons. The highest BCUT2D eigenvalue weighted by Gasteiger charge is 2.13. The van der Waals surface area contributed by atoms with Gasteiger partial charge in [0.15, 0.2) is 0 Å². The van der Waals surface area contributed by atoms with Crippen molar-refractivity contribution < 1.29 is 9.18 Å². The third-order valence-corrected chi connectivity index (χ3v) is 3.53. The Morgan fingerprint density at radius 3 is 2.65 bits per heavy atom. The summed E-state index contributed by atoms with van der Waals surface area (Å²) in [5.41, 5.74) is 0.722. The maximum absolute atomic E-state index is 13.0. The lowest BCUT2D eigenvalue weighted by Gasteiger charge is -2.15. The number of benzene rings is 1. The molecule has 0 atom stereocenters. The number of carbonyl (C=O) groups excluding carboxylic acids is 1. The molecule has 0 heterocycles. The molecule has 1 aromatic carbocycles. The van der Waals surface area contributed by atoms with Crippen molar-refractivity contribution in [1.82, 2.24) is 10.6 Å². The van der Waals surface area contributed by atoms with Gasteiger partial charge in [-0.1, -0.05) is 37.8 Å². The predicted molar refractivity (Wildman–Crippen MR) is 78.6 cm³/mol. The molecule has 0 aromatic heterocycles. The number of hydrogen-bond acceptors (Lipinski definition) is 1. The van der Waals surface area contributed by atoms with Gasteiger partial charge in [-0.25, -0.2) is 9.18 Å². The summed E-state index contributed by atoms with van der Waals surface area (Å²) in [6.45, 7) is 0. The van der Waals surface area contributed by atoms with Crippen LogP contribution in [0.2, 0.25) is 0 Å². The summed E-state index contributed by atoms with van der Waals surface area (Å²) in [5.74, 6) is -0.282. The highest BCUT2D eigenvalue weighted by atomic mass is 19.1. The lowest BCUT2D eigenvalue weighted by atomic mass is 10.1. The highest BCUT2D eigenvalue weighted by Crippen LogP contribution is 2.16. The third kappa shape index (κ3) is 5.03. The zero-order valence-corrected chi connectivity index (χ0v) is 11.6. The van der Waals surface area contributed by atoms with Crippen molar-refractivity contribution in [3.05, 3.63) is 41.8 Å². The number of urea groups is 1. The van der Waals surface area contributed by atoms with Crippen LogP contribution in [0, 0.1) is 5.82 Å². The molecule has 20 heavy (non-hydrogen) atoms. The molecular weight excluding hydrogens is 255 g/mol. The van der Waals surface area contributed by atoms with E-state index in [1.54, 1.807) is 24.4 Å². The minimum absolute atomic E-state index is 0.190. The topological polar surface area (TPSA) is 41.1 Å². The molecule has 2 N–H and O–H groups in total.